The smallest absolute Gasteiger partial charge is 0.0475 e. The lowest BCUT2D eigenvalue weighted by molar-refractivity contribution is -0.0123. The summed E-state index contributed by atoms with van der Waals surface area (Å²) >= 11 is 2.11. The Hall–Kier alpha value is 0.270. The van der Waals surface area contributed by atoms with Crippen molar-refractivity contribution in [3.05, 3.63) is 0 Å². The second kappa shape index (κ2) is 5.34. The van der Waals surface area contributed by atoms with E-state index in [-0.39, 0.29) is 5.54 Å². The topological polar surface area (TPSA) is 29.3 Å². The predicted octanol–water partition coefficient (Wildman–Crippen LogP) is 2.97. The summed E-state index contributed by atoms with van der Waals surface area (Å²) in [7, 11) is 0. The largest absolute Gasteiger partial charge is 0.329 e. The van der Waals surface area contributed by atoms with E-state index in [4.69, 9.17) is 5.73 Å². The Morgan fingerprint density at radius 2 is 2.00 bits per heavy atom. The van der Waals surface area contributed by atoms with Gasteiger partial charge in [-0.1, -0.05) is 27.7 Å². The van der Waals surface area contributed by atoms with Crippen LogP contribution in [-0.2, 0) is 0 Å². The van der Waals surface area contributed by atoms with E-state index in [0.29, 0.717) is 5.41 Å². The highest BCUT2D eigenvalue weighted by Gasteiger charge is 2.53. The maximum absolute atomic E-state index is 6.30. The molecule has 2 N–H and O–H groups in total. The third-order valence-corrected chi connectivity index (χ3v) is 6.08. The lowest BCUT2D eigenvalue weighted by atomic mass is 9.69. The molecule has 0 aromatic carbocycles. The molecule has 0 bridgehead atoms. The van der Waals surface area contributed by atoms with Gasteiger partial charge in [-0.05, 0) is 36.3 Å². The molecule has 2 fully saturated rings. The molecule has 1 atom stereocenters. The summed E-state index contributed by atoms with van der Waals surface area (Å²) in [6.07, 6.45) is 4.07. The molecular weight excluding hydrogens is 240 g/mol. The fourth-order valence-electron chi connectivity index (χ4n) is 3.37. The van der Waals surface area contributed by atoms with Crippen LogP contribution in [0.3, 0.4) is 0 Å². The molecule has 0 spiro atoms. The van der Waals surface area contributed by atoms with Crippen molar-refractivity contribution < 1.29 is 0 Å². The van der Waals surface area contributed by atoms with Crippen LogP contribution in [0, 0.1) is 11.3 Å². The average Bonchev–Trinajstić information content (AvgIpc) is 3.10. The number of hydrogen-bond donors (Lipinski definition) is 1. The van der Waals surface area contributed by atoms with Gasteiger partial charge < -0.3 is 5.73 Å². The molecule has 2 rings (SSSR count). The molecule has 2 nitrogen and oxygen atoms in total. The molecule has 18 heavy (non-hydrogen) atoms. The van der Waals surface area contributed by atoms with Crippen LogP contribution in [0.5, 0.6) is 0 Å². The minimum atomic E-state index is 0.224. The molecular formula is C15H30N2S. The minimum absolute atomic E-state index is 0.224. The van der Waals surface area contributed by atoms with Crippen LogP contribution in [0.1, 0.15) is 47.0 Å². The van der Waals surface area contributed by atoms with Gasteiger partial charge >= 0.3 is 0 Å². The highest BCUT2D eigenvalue weighted by atomic mass is 32.2. The van der Waals surface area contributed by atoms with E-state index in [1.807, 2.05) is 0 Å². The number of thioether (sulfide) groups is 1. The van der Waals surface area contributed by atoms with Gasteiger partial charge in [-0.2, -0.15) is 11.8 Å². The standard InChI is InChI=1S/C15H30N2S/c1-12(2)9-17(13-5-6-13)15(10-16)11-18-8-7-14(15,3)4/h12-13H,5-11,16H2,1-4H3. The Balaban J connectivity index is 2.26. The Bertz CT molecular complexity index is 286. The van der Waals surface area contributed by atoms with Gasteiger partial charge in [-0.25, -0.2) is 0 Å². The molecule has 1 saturated heterocycles. The van der Waals surface area contributed by atoms with Crippen molar-refractivity contribution in [3.63, 3.8) is 0 Å². The number of nitrogens with two attached hydrogens (primary N) is 1. The summed E-state index contributed by atoms with van der Waals surface area (Å²) in [6.45, 7) is 11.6. The molecule has 1 heterocycles. The van der Waals surface area contributed by atoms with Crippen LogP contribution in [-0.4, -0.2) is 41.1 Å². The van der Waals surface area contributed by atoms with Crippen LogP contribution < -0.4 is 5.73 Å². The molecule has 1 aliphatic carbocycles. The van der Waals surface area contributed by atoms with Crippen LogP contribution in [0.2, 0.25) is 0 Å². The van der Waals surface area contributed by atoms with Crippen molar-refractivity contribution in [2.24, 2.45) is 17.1 Å². The summed E-state index contributed by atoms with van der Waals surface area (Å²) < 4.78 is 0. The van der Waals surface area contributed by atoms with Crippen LogP contribution in [0.15, 0.2) is 0 Å². The molecule has 1 aliphatic heterocycles. The quantitative estimate of drug-likeness (QED) is 0.833. The Kier molecular flexibility index (Phi) is 4.35. The van der Waals surface area contributed by atoms with E-state index in [0.717, 1.165) is 18.5 Å². The normalized spacial score (nSPS) is 32.2. The molecule has 3 heteroatoms. The van der Waals surface area contributed by atoms with Gasteiger partial charge in [0.1, 0.15) is 0 Å². The van der Waals surface area contributed by atoms with E-state index in [1.54, 1.807) is 0 Å². The van der Waals surface area contributed by atoms with Gasteiger partial charge in [0.15, 0.2) is 0 Å². The number of nitrogens with zero attached hydrogens (tertiary/aromatic N) is 1. The van der Waals surface area contributed by atoms with Crippen molar-refractivity contribution in [2.45, 2.75) is 58.5 Å². The first-order valence-corrected chi connectivity index (χ1v) is 8.63. The molecule has 0 radical (unpaired) electrons. The fraction of sp³-hybridized carbons (Fsp3) is 1.00. The maximum Gasteiger partial charge on any atom is 0.0475 e. The van der Waals surface area contributed by atoms with E-state index in [9.17, 15) is 0 Å². The van der Waals surface area contributed by atoms with Gasteiger partial charge in [0.05, 0.1) is 0 Å². The van der Waals surface area contributed by atoms with Gasteiger partial charge in [-0.15, -0.1) is 0 Å². The minimum Gasteiger partial charge on any atom is -0.329 e. The first kappa shape index (κ1) is 14.7. The van der Waals surface area contributed by atoms with Crippen LogP contribution in [0.4, 0.5) is 0 Å². The monoisotopic (exact) mass is 270 g/mol. The predicted molar refractivity (Wildman–Crippen MR) is 82.1 cm³/mol. The highest BCUT2D eigenvalue weighted by Crippen LogP contribution is 2.49. The summed E-state index contributed by atoms with van der Waals surface area (Å²) in [4.78, 5) is 2.80. The van der Waals surface area contributed by atoms with Crippen molar-refractivity contribution in [1.82, 2.24) is 4.90 Å². The second-order valence-corrected chi connectivity index (χ2v) is 8.30. The van der Waals surface area contributed by atoms with E-state index in [1.165, 1.54) is 37.3 Å². The first-order chi connectivity index (χ1) is 8.43. The highest BCUT2D eigenvalue weighted by molar-refractivity contribution is 7.99. The molecule has 1 unspecified atom stereocenters. The molecule has 1 saturated carbocycles. The average molecular weight is 270 g/mol. The maximum atomic E-state index is 6.30. The lowest BCUT2D eigenvalue weighted by Crippen LogP contribution is -2.67. The van der Waals surface area contributed by atoms with Gasteiger partial charge in [-0.3, -0.25) is 4.90 Å². The van der Waals surface area contributed by atoms with Crippen molar-refractivity contribution in [2.75, 3.05) is 24.6 Å². The Morgan fingerprint density at radius 1 is 1.33 bits per heavy atom. The van der Waals surface area contributed by atoms with Crippen LogP contribution in [0.25, 0.3) is 0 Å². The number of rotatable bonds is 5. The summed E-state index contributed by atoms with van der Waals surface area (Å²) in [6, 6.07) is 0.814. The van der Waals surface area contributed by atoms with Crippen LogP contribution >= 0.6 is 11.8 Å². The van der Waals surface area contributed by atoms with E-state index < -0.39 is 0 Å². The first-order valence-electron chi connectivity index (χ1n) is 7.47. The lowest BCUT2D eigenvalue weighted by Gasteiger charge is -2.56. The zero-order chi connectivity index (χ0) is 13.4. The third kappa shape index (κ3) is 2.59. The van der Waals surface area contributed by atoms with Crippen molar-refractivity contribution in [1.29, 1.82) is 0 Å². The van der Waals surface area contributed by atoms with Gasteiger partial charge in [0.2, 0.25) is 0 Å². The SMILES string of the molecule is CC(C)CN(C1CC1)C1(CN)CSCCC1(C)C. The molecule has 0 aromatic heterocycles. The van der Waals surface area contributed by atoms with Gasteiger partial charge in [0, 0.05) is 30.4 Å². The third-order valence-electron chi connectivity index (χ3n) is 4.91. The molecule has 0 aromatic rings. The summed E-state index contributed by atoms with van der Waals surface area (Å²) in [5, 5.41) is 0. The van der Waals surface area contributed by atoms with Gasteiger partial charge in [0.25, 0.3) is 0 Å². The summed E-state index contributed by atoms with van der Waals surface area (Å²) in [5.74, 6) is 3.26. The zero-order valence-electron chi connectivity index (χ0n) is 12.5. The summed E-state index contributed by atoms with van der Waals surface area (Å²) in [5.41, 5.74) is 6.88. The zero-order valence-corrected chi connectivity index (χ0v) is 13.4. The molecule has 0 amide bonds. The van der Waals surface area contributed by atoms with E-state index in [2.05, 4.69) is 44.4 Å². The molecule has 106 valence electrons. The Labute approximate surface area is 117 Å². The fourth-order valence-corrected chi connectivity index (χ4v) is 5.18. The van der Waals surface area contributed by atoms with E-state index >= 15 is 0 Å². The van der Waals surface area contributed by atoms with Crippen molar-refractivity contribution >= 4 is 11.8 Å². The number of hydrogen-bond acceptors (Lipinski definition) is 3. The van der Waals surface area contributed by atoms with Crippen molar-refractivity contribution in [3.8, 4) is 0 Å². The Morgan fingerprint density at radius 3 is 2.44 bits per heavy atom. The molecule has 2 aliphatic rings. The second-order valence-electron chi connectivity index (χ2n) is 7.20.